The number of nitrogens with zero attached hydrogens (tertiary/aromatic N) is 2. The number of aryl methyl sites for hydroxylation is 1. The third-order valence-electron chi connectivity index (χ3n) is 6.92. The molecule has 190 valence electrons. The van der Waals surface area contributed by atoms with Crippen LogP contribution in [0.5, 0.6) is 5.75 Å². The second-order valence-electron chi connectivity index (χ2n) is 9.65. The maximum Gasteiger partial charge on any atom is 0.219 e. The summed E-state index contributed by atoms with van der Waals surface area (Å²) in [4.78, 5) is 17.2. The highest BCUT2D eigenvalue weighted by Crippen LogP contribution is 2.37. The summed E-state index contributed by atoms with van der Waals surface area (Å²) in [7, 11) is 0. The highest BCUT2D eigenvalue weighted by Gasteiger charge is 2.30. The van der Waals surface area contributed by atoms with Gasteiger partial charge in [0.15, 0.2) is 0 Å². The number of fused-ring (bicyclic) bond motifs is 1. The summed E-state index contributed by atoms with van der Waals surface area (Å²) in [5.41, 5.74) is 3.62. The first-order chi connectivity index (χ1) is 17.1. The first kappa shape index (κ1) is 25.6. The Kier molecular flexibility index (Phi) is 9.55. The number of carbonyl (C=O) groups is 1. The van der Waals surface area contributed by atoms with Crippen LogP contribution < -0.4 is 20.3 Å². The number of nitrogens with one attached hydrogen (secondary N) is 2. The van der Waals surface area contributed by atoms with Crippen molar-refractivity contribution >= 4 is 28.9 Å². The van der Waals surface area contributed by atoms with Gasteiger partial charge in [0.1, 0.15) is 18.5 Å². The molecular weight excluding hydrogens is 460 g/mol. The summed E-state index contributed by atoms with van der Waals surface area (Å²) in [5.74, 6) is 0.975. The van der Waals surface area contributed by atoms with Gasteiger partial charge in [0.25, 0.3) is 0 Å². The molecule has 2 aliphatic rings. The van der Waals surface area contributed by atoms with Gasteiger partial charge in [-0.25, -0.2) is 0 Å². The van der Waals surface area contributed by atoms with E-state index in [2.05, 4.69) is 45.6 Å². The maximum absolute atomic E-state index is 12.3. The van der Waals surface area contributed by atoms with E-state index in [1.54, 1.807) is 0 Å². The quantitative estimate of drug-likeness (QED) is 0.381. The number of para-hydroxylation sites is 1. The molecule has 1 fully saturated rings. The van der Waals surface area contributed by atoms with Crippen molar-refractivity contribution in [3.8, 4) is 5.75 Å². The van der Waals surface area contributed by atoms with Crippen LogP contribution in [0.4, 0.5) is 11.4 Å². The molecule has 0 spiro atoms. The Labute approximate surface area is 215 Å². The molecule has 1 unspecified atom stereocenters. The highest BCUT2D eigenvalue weighted by atomic mass is 35.5. The summed E-state index contributed by atoms with van der Waals surface area (Å²) < 4.78 is 6.06. The lowest BCUT2D eigenvalue weighted by atomic mass is 10.1. The van der Waals surface area contributed by atoms with E-state index in [1.807, 2.05) is 24.3 Å². The molecule has 1 amide bonds. The number of hydrogen-bond donors (Lipinski definition) is 2. The van der Waals surface area contributed by atoms with Gasteiger partial charge >= 0.3 is 0 Å². The summed E-state index contributed by atoms with van der Waals surface area (Å²) in [6.07, 6.45) is 7.49. The van der Waals surface area contributed by atoms with Crippen molar-refractivity contribution in [1.82, 2.24) is 10.2 Å². The molecule has 2 aromatic carbocycles. The SMILES string of the molecule is Cc1cccc2c1N(CCCCC(=O)NCCCN1CCCCC1)C(COc1ccc(Cl)cc1)N2. The van der Waals surface area contributed by atoms with E-state index >= 15 is 0 Å². The van der Waals surface area contributed by atoms with Crippen molar-refractivity contribution in [2.45, 2.75) is 58.0 Å². The van der Waals surface area contributed by atoms with Crippen molar-refractivity contribution in [2.24, 2.45) is 0 Å². The molecule has 0 aromatic heterocycles. The summed E-state index contributed by atoms with van der Waals surface area (Å²) >= 11 is 5.99. The molecule has 2 aromatic rings. The average Bonchev–Trinajstić information content (AvgIpc) is 3.23. The van der Waals surface area contributed by atoms with Gasteiger partial charge in [-0.2, -0.15) is 0 Å². The summed E-state index contributed by atoms with van der Waals surface area (Å²) in [6, 6.07) is 13.8. The van der Waals surface area contributed by atoms with Crippen molar-refractivity contribution in [3.05, 3.63) is 53.1 Å². The Morgan fingerprint density at radius 1 is 1.06 bits per heavy atom. The number of ether oxygens (including phenoxy) is 1. The van der Waals surface area contributed by atoms with Crippen LogP contribution >= 0.6 is 11.6 Å². The fourth-order valence-electron chi connectivity index (χ4n) is 5.04. The van der Waals surface area contributed by atoms with E-state index in [4.69, 9.17) is 16.3 Å². The molecule has 7 heteroatoms. The standard InChI is InChI=1S/C28H39ClN4O2/c1-22-9-7-10-25-28(22)33(26(31-25)21-35-24-14-12-23(29)13-15-24)20-6-3-11-27(34)30-16-8-19-32-17-4-2-5-18-32/h7,9-10,12-15,26,31H,2-6,8,11,16-21H2,1H3,(H,30,34). The number of hydrogen-bond acceptors (Lipinski definition) is 5. The molecular formula is C28H39ClN4O2. The molecule has 0 radical (unpaired) electrons. The second-order valence-corrected chi connectivity index (χ2v) is 10.1. The van der Waals surface area contributed by atoms with Crippen LogP contribution in [0, 0.1) is 6.92 Å². The van der Waals surface area contributed by atoms with Gasteiger partial charge in [-0.05, 0) is 94.6 Å². The molecule has 0 bridgehead atoms. The number of amides is 1. The number of unbranched alkanes of at least 4 members (excludes halogenated alkanes) is 1. The van der Waals surface area contributed by atoms with E-state index in [9.17, 15) is 4.79 Å². The van der Waals surface area contributed by atoms with Crippen molar-refractivity contribution in [1.29, 1.82) is 0 Å². The number of carbonyl (C=O) groups excluding carboxylic acids is 1. The van der Waals surface area contributed by atoms with Gasteiger partial charge in [0, 0.05) is 24.5 Å². The van der Waals surface area contributed by atoms with E-state index in [0.717, 1.165) is 50.3 Å². The molecule has 0 saturated carbocycles. The van der Waals surface area contributed by atoms with Gasteiger partial charge < -0.3 is 25.2 Å². The first-order valence-electron chi connectivity index (χ1n) is 13.1. The highest BCUT2D eigenvalue weighted by molar-refractivity contribution is 6.30. The van der Waals surface area contributed by atoms with Crippen LogP contribution in [-0.2, 0) is 4.79 Å². The molecule has 2 aliphatic heterocycles. The second kappa shape index (κ2) is 13.0. The molecule has 1 saturated heterocycles. The minimum atomic E-state index is 0.0467. The monoisotopic (exact) mass is 498 g/mol. The first-order valence-corrected chi connectivity index (χ1v) is 13.5. The Balaban J connectivity index is 1.20. The maximum atomic E-state index is 12.3. The third kappa shape index (κ3) is 7.52. The Morgan fingerprint density at radius 3 is 2.66 bits per heavy atom. The van der Waals surface area contributed by atoms with Crippen LogP contribution in [0.1, 0.15) is 50.5 Å². The number of piperidine rings is 1. The molecule has 1 atom stereocenters. The zero-order valence-electron chi connectivity index (χ0n) is 20.9. The van der Waals surface area contributed by atoms with Crippen molar-refractivity contribution in [3.63, 3.8) is 0 Å². The van der Waals surface area contributed by atoms with E-state index in [1.165, 1.54) is 43.6 Å². The van der Waals surface area contributed by atoms with Gasteiger partial charge in [-0.3, -0.25) is 4.79 Å². The smallest absolute Gasteiger partial charge is 0.219 e. The molecule has 6 nitrogen and oxygen atoms in total. The number of benzene rings is 2. The van der Waals surface area contributed by atoms with Gasteiger partial charge in [-0.15, -0.1) is 0 Å². The average molecular weight is 499 g/mol. The number of anilines is 2. The van der Waals surface area contributed by atoms with E-state index in [0.29, 0.717) is 18.1 Å². The van der Waals surface area contributed by atoms with Crippen molar-refractivity contribution in [2.75, 3.05) is 49.5 Å². The topological polar surface area (TPSA) is 56.8 Å². The van der Waals surface area contributed by atoms with Gasteiger partial charge in [-0.1, -0.05) is 30.2 Å². The van der Waals surface area contributed by atoms with Crippen molar-refractivity contribution < 1.29 is 9.53 Å². The molecule has 35 heavy (non-hydrogen) atoms. The predicted molar refractivity (Wildman–Crippen MR) is 145 cm³/mol. The van der Waals surface area contributed by atoms with Crippen LogP contribution in [0.3, 0.4) is 0 Å². The van der Waals surface area contributed by atoms with E-state index < -0.39 is 0 Å². The Bertz CT molecular complexity index is 946. The largest absolute Gasteiger partial charge is 0.489 e. The summed E-state index contributed by atoms with van der Waals surface area (Å²) in [5, 5.41) is 7.42. The molecule has 0 aliphatic carbocycles. The normalized spacial score (nSPS) is 17.7. The van der Waals surface area contributed by atoms with E-state index in [-0.39, 0.29) is 12.1 Å². The lowest BCUT2D eigenvalue weighted by Gasteiger charge is -2.28. The molecule has 2 heterocycles. The number of rotatable bonds is 12. The van der Waals surface area contributed by atoms with Crippen LogP contribution in [0.25, 0.3) is 0 Å². The lowest BCUT2D eigenvalue weighted by molar-refractivity contribution is -0.121. The number of likely N-dealkylation sites (tertiary alicyclic amines) is 1. The fourth-order valence-corrected chi connectivity index (χ4v) is 5.17. The molecule has 2 N–H and O–H groups in total. The predicted octanol–water partition coefficient (Wildman–Crippen LogP) is 5.45. The third-order valence-corrected chi connectivity index (χ3v) is 7.17. The zero-order chi connectivity index (χ0) is 24.5. The zero-order valence-corrected chi connectivity index (χ0v) is 21.7. The van der Waals surface area contributed by atoms with Crippen LogP contribution in [-0.4, -0.2) is 56.3 Å². The van der Waals surface area contributed by atoms with Crippen LogP contribution in [0.2, 0.25) is 5.02 Å². The minimum absolute atomic E-state index is 0.0467. The van der Waals surface area contributed by atoms with Gasteiger partial charge in [0.05, 0.1) is 11.4 Å². The number of halogens is 1. The summed E-state index contributed by atoms with van der Waals surface area (Å²) in [6.45, 7) is 7.85. The van der Waals surface area contributed by atoms with Crippen LogP contribution in [0.15, 0.2) is 42.5 Å². The Morgan fingerprint density at radius 2 is 1.86 bits per heavy atom. The molecule has 4 rings (SSSR count). The fraction of sp³-hybridized carbons (Fsp3) is 0.536. The van der Waals surface area contributed by atoms with Gasteiger partial charge in [0.2, 0.25) is 5.91 Å². The minimum Gasteiger partial charge on any atom is -0.489 e. The Hall–Kier alpha value is -2.44. The lowest BCUT2D eigenvalue weighted by Crippen LogP contribution is -2.41.